The Kier molecular flexibility index (Phi) is 7.43. The van der Waals surface area contributed by atoms with Crippen molar-refractivity contribution in [2.75, 3.05) is 18.8 Å². The Morgan fingerprint density at radius 2 is 1.90 bits per heavy atom. The lowest BCUT2D eigenvalue weighted by Gasteiger charge is -2.32. The van der Waals surface area contributed by atoms with Gasteiger partial charge in [-0.3, -0.25) is 9.59 Å². The molecule has 4 aromatic rings. The molecule has 1 saturated heterocycles. The lowest BCUT2D eigenvalue weighted by Crippen LogP contribution is -2.40. The summed E-state index contributed by atoms with van der Waals surface area (Å²) in [5, 5.41) is 7.98. The molecule has 0 unspecified atom stereocenters. The minimum Gasteiger partial charge on any atom is -0.383 e. The number of hydrogen-bond acceptors (Lipinski definition) is 6. The first-order valence-electron chi connectivity index (χ1n) is 12.7. The Labute approximate surface area is 231 Å². The van der Waals surface area contributed by atoms with Crippen molar-refractivity contribution in [3.8, 4) is 11.3 Å². The fourth-order valence-corrected chi connectivity index (χ4v) is 4.89. The van der Waals surface area contributed by atoms with E-state index in [0.717, 1.165) is 18.9 Å². The summed E-state index contributed by atoms with van der Waals surface area (Å²) in [6.07, 6.45) is -0.603. The zero-order valence-electron chi connectivity index (χ0n) is 21.7. The first-order valence-corrected chi connectivity index (χ1v) is 12.7. The van der Waals surface area contributed by atoms with E-state index in [1.54, 1.807) is 33.8 Å². The summed E-state index contributed by atoms with van der Waals surface area (Å²) >= 11 is 0. The van der Waals surface area contributed by atoms with Gasteiger partial charge in [-0.05, 0) is 42.7 Å². The van der Waals surface area contributed by atoms with Crippen LogP contribution in [0, 0.1) is 5.82 Å². The van der Waals surface area contributed by atoms with Crippen molar-refractivity contribution in [3.63, 3.8) is 0 Å². The van der Waals surface area contributed by atoms with E-state index in [9.17, 15) is 27.2 Å². The predicted molar refractivity (Wildman–Crippen MR) is 143 cm³/mol. The summed E-state index contributed by atoms with van der Waals surface area (Å²) in [6.45, 7) is 4.71. The van der Waals surface area contributed by atoms with Gasteiger partial charge in [-0.1, -0.05) is 30.8 Å². The number of rotatable bonds is 6. The number of nitrogens with two attached hydrogens (primary N) is 1. The van der Waals surface area contributed by atoms with Crippen molar-refractivity contribution in [2.45, 2.75) is 31.6 Å². The number of alkyl halides is 3. The van der Waals surface area contributed by atoms with Gasteiger partial charge in [0, 0.05) is 30.8 Å². The number of carbonyl (C=O) groups is 2. The molecule has 1 aliphatic heterocycles. The lowest BCUT2D eigenvalue weighted by atomic mass is 10.1. The number of halogens is 4. The molecule has 0 spiro atoms. The van der Waals surface area contributed by atoms with Gasteiger partial charge in [0.2, 0.25) is 5.91 Å². The van der Waals surface area contributed by atoms with Crippen LogP contribution >= 0.6 is 0 Å². The van der Waals surface area contributed by atoms with Crippen LogP contribution in [0.1, 0.15) is 40.4 Å². The number of piperidine rings is 1. The van der Waals surface area contributed by atoms with Gasteiger partial charge in [-0.2, -0.15) is 18.3 Å². The number of fused-ring (bicyclic) bond motifs is 1. The second kappa shape index (κ2) is 11.0. The van der Waals surface area contributed by atoms with Crippen LogP contribution in [0.2, 0.25) is 0 Å². The van der Waals surface area contributed by atoms with Crippen molar-refractivity contribution < 1.29 is 27.2 Å². The summed E-state index contributed by atoms with van der Waals surface area (Å²) < 4.78 is 54.0. The number of benzene rings is 2. The van der Waals surface area contributed by atoms with Gasteiger partial charge >= 0.3 is 6.18 Å². The normalized spacial score (nSPS) is 15.6. The van der Waals surface area contributed by atoms with Crippen molar-refractivity contribution in [1.82, 2.24) is 30.0 Å². The summed E-state index contributed by atoms with van der Waals surface area (Å²) in [7, 11) is 0. The minimum atomic E-state index is -4.85. The molecular weight excluding hydrogens is 542 g/mol. The third-order valence-electron chi connectivity index (χ3n) is 6.96. The molecule has 3 heterocycles. The molecule has 0 radical (unpaired) electrons. The third kappa shape index (κ3) is 5.60. The van der Waals surface area contributed by atoms with E-state index in [1.807, 2.05) is 0 Å². The summed E-state index contributed by atoms with van der Waals surface area (Å²) in [6, 6.07) is 8.98. The Bertz CT molecular complexity index is 1630. The number of nitrogens with one attached hydrogen (secondary N) is 1. The molecule has 2 aromatic heterocycles. The van der Waals surface area contributed by atoms with E-state index >= 15 is 0 Å². The van der Waals surface area contributed by atoms with Gasteiger partial charge in [0.25, 0.3) is 5.91 Å². The molecule has 1 aliphatic rings. The van der Waals surface area contributed by atoms with E-state index in [0.29, 0.717) is 53.1 Å². The van der Waals surface area contributed by atoms with E-state index in [4.69, 9.17) is 10.8 Å². The Morgan fingerprint density at radius 3 is 2.59 bits per heavy atom. The first kappa shape index (κ1) is 27.7. The van der Waals surface area contributed by atoms with Crippen LogP contribution in [0.4, 0.5) is 23.4 Å². The summed E-state index contributed by atoms with van der Waals surface area (Å²) in [4.78, 5) is 34.9. The third-order valence-corrected chi connectivity index (χ3v) is 6.96. The largest absolute Gasteiger partial charge is 0.419 e. The van der Waals surface area contributed by atoms with Crippen LogP contribution in [0.15, 0.2) is 61.4 Å². The number of anilines is 1. The average molecular weight is 568 g/mol. The molecule has 2 aromatic carbocycles. The van der Waals surface area contributed by atoms with E-state index in [1.165, 1.54) is 12.4 Å². The van der Waals surface area contributed by atoms with Crippen LogP contribution in [0.3, 0.4) is 0 Å². The number of amides is 2. The topological polar surface area (TPSA) is 119 Å². The number of carbonyl (C=O) groups excluding carboxylic acids is 2. The monoisotopic (exact) mass is 567 g/mol. The van der Waals surface area contributed by atoms with Gasteiger partial charge in [0.05, 0.1) is 17.0 Å². The Morgan fingerprint density at radius 1 is 1.15 bits per heavy atom. The first-order chi connectivity index (χ1) is 19.6. The number of likely N-dealkylation sites (tertiary alicyclic amines) is 1. The van der Waals surface area contributed by atoms with Gasteiger partial charge < -0.3 is 16.0 Å². The highest BCUT2D eigenvalue weighted by Gasteiger charge is 2.34. The second-order valence-corrected chi connectivity index (χ2v) is 9.61. The van der Waals surface area contributed by atoms with Crippen LogP contribution in [0.25, 0.3) is 22.3 Å². The standard InChI is InChI=1S/C28H25F4N7O2/c1-2-22(40)38-11-3-4-19(14-38)39-26-23(25(33)35-15-36-26)24(37-39)17-7-5-16(6-8-17)13-34-27(41)18-9-10-20(21(29)12-18)28(30,31)32/h2,5-10,12,15,19H,1,3-4,11,13-14H2,(H,34,41)(H2,33,35,36)/t19-/m1/s1. The molecule has 0 aliphatic carbocycles. The molecule has 3 N–H and O–H groups in total. The number of nitrogen functional groups attached to an aromatic ring is 1. The molecule has 0 saturated carbocycles. The van der Waals surface area contributed by atoms with Gasteiger partial charge in [0.15, 0.2) is 5.65 Å². The summed E-state index contributed by atoms with van der Waals surface area (Å²) in [5.74, 6) is -2.12. The van der Waals surface area contributed by atoms with Crippen LogP contribution in [-0.2, 0) is 17.5 Å². The number of hydrogen-bond donors (Lipinski definition) is 2. The zero-order chi connectivity index (χ0) is 29.3. The number of aromatic nitrogens is 4. The molecule has 2 amide bonds. The highest BCUT2D eigenvalue weighted by atomic mass is 19.4. The molecule has 1 fully saturated rings. The predicted octanol–water partition coefficient (Wildman–Crippen LogP) is 4.51. The van der Waals surface area contributed by atoms with E-state index < -0.39 is 23.5 Å². The summed E-state index contributed by atoms with van der Waals surface area (Å²) in [5.41, 5.74) is 7.07. The lowest BCUT2D eigenvalue weighted by molar-refractivity contribution is -0.140. The fraction of sp³-hybridized carbons (Fsp3) is 0.250. The van der Waals surface area contributed by atoms with Crippen molar-refractivity contribution in [2.24, 2.45) is 0 Å². The maximum atomic E-state index is 13.9. The second-order valence-electron chi connectivity index (χ2n) is 9.61. The van der Waals surface area contributed by atoms with Crippen molar-refractivity contribution >= 4 is 28.7 Å². The van der Waals surface area contributed by atoms with E-state index in [2.05, 4.69) is 21.9 Å². The van der Waals surface area contributed by atoms with Crippen LogP contribution in [-0.4, -0.2) is 49.6 Å². The average Bonchev–Trinajstić information content (AvgIpc) is 3.36. The zero-order valence-corrected chi connectivity index (χ0v) is 21.7. The Hall–Kier alpha value is -4.81. The smallest absolute Gasteiger partial charge is 0.383 e. The molecule has 5 rings (SSSR count). The van der Waals surface area contributed by atoms with Crippen LogP contribution < -0.4 is 11.1 Å². The molecule has 0 bridgehead atoms. The molecule has 1 atom stereocenters. The van der Waals surface area contributed by atoms with E-state index in [-0.39, 0.29) is 29.9 Å². The molecule has 9 nitrogen and oxygen atoms in total. The molecule has 41 heavy (non-hydrogen) atoms. The van der Waals surface area contributed by atoms with Gasteiger partial charge in [-0.25, -0.2) is 19.0 Å². The molecule has 13 heteroatoms. The van der Waals surface area contributed by atoms with Crippen molar-refractivity contribution in [1.29, 1.82) is 0 Å². The quantitative estimate of drug-likeness (QED) is 0.261. The molecule has 212 valence electrons. The van der Waals surface area contributed by atoms with Crippen molar-refractivity contribution in [3.05, 3.63) is 84.0 Å². The van der Waals surface area contributed by atoms with Gasteiger partial charge in [0.1, 0.15) is 23.7 Å². The van der Waals surface area contributed by atoms with Crippen LogP contribution in [0.5, 0.6) is 0 Å². The maximum Gasteiger partial charge on any atom is 0.419 e. The fourth-order valence-electron chi connectivity index (χ4n) is 4.89. The number of nitrogens with zero attached hydrogens (tertiary/aromatic N) is 5. The highest BCUT2D eigenvalue weighted by molar-refractivity contribution is 5.98. The highest BCUT2D eigenvalue weighted by Crippen LogP contribution is 2.34. The maximum absolute atomic E-state index is 13.9. The SMILES string of the molecule is C=CC(=O)N1CCC[C@@H](n2nc(-c3ccc(CNC(=O)c4ccc(C(F)(F)F)c(F)c4)cc3)c3c(N)ncnc32)C1. The minimum absolute atomic E-state index is 0.0530. The van der Waals surface area contributed by atoms with Gasteiger partial charge in [-0.15, -0.1) is 0 Å². The Balaban J connectivity index is 1.35. The molecular formula is C28H25F4N7O2.